The van der Waals surface area contributed by atoms with Gasteiger partial charge in [-0.2, -0.15) is 4.57 Å². The lowest BCUT2D eigenvalue weighted by Gasteiger charge is -2.27. The number of piperidine rings is 1. The zero-order valence-corrected chi connectivity index (χ0v) is 19.2. The molecule has 2 fully saturated rings. The molecule has 0 radical (unpaired) electrons. The Kier molecular flexibility index (Phi) is 6.27. The van der Waals surface area contributed by atoms with Crippen molar-refractivity contribution in [2.45, 2.75) is 65.2 Å². The topological polar surface area (TPSA) is 111 Å². The van der Waals surface area contributed by atoms with Crippen LogP contribution in [0.25, 0.3) is 11.7 Å². The maximum absolute atomic E-state index is 13.4. The molecule has 3 N–H and O–H groups in total. The number of nitrogens with zero attached hydrogens (tertiary/aromatic N) is 3. The number of carbonyl (C=O) groups is 2. The highest BCUT2D eigenvalue weighted by Gasteiger charge is 2.35. The number of likely N-dealkylation sites (tertiary alicyclic amines) is 1. The van der Waals surface area contributed by atoms with Crippen LogP contribution in [0.4, 0.5) is 4.39 Å². The Morgan fingerprint density at radius 2 is 1.94 bits per heavy atom. The zero-order valence-electron chi connectivity index (χ0n) is 19.2. The van der Waals surface area contributed by atoms with E-state index in [-0.39, 0.29) is 23.4 Å². The summed E-state index contributed by atoms with van der Waals surface area (Å²) in [4.78, 5) is 40.1. The number of carbonyl (C=O) groups excluding carboxylic acids is 2. The van der Waals surface area contributed by atoms with E-state index in [2.05, 4.69) is 10.4 Å². The fraction of sp³-hybridized carbons (Fsp3) is 0.565. The molecular weight excluding hydrogens is 429 g/mol. The summed E-state index contributed by atoms with van der Waals surface area (Å²) in [5.41, 5.74) is 0.584. The third-order valence-corrected chi connectivity index (χ3v) is 6.10. The van der Waals surface area contributed by atoms with Gasteiger partial charge in [0.15, 0.2) is 0 Å². The van der Waals surface area contributed by atoms with Crippen LogP contribution in [0.3, 0.4) is 0 Å². The smallest absolute Gasteiger partial charge is 0.378 e. The summed E-state index contributed by atoms with van der Waals surface area (Å²) in [7, 11) is 0. The van der Waals surface area contributed by atoms with Gasteiger partial charge in [-0.25, -0.2) is 14.3 Å². The lowest BCUT2D eigenvalue weighted by molar-refractivity contribution is -0.686. The van der Waals surface area contributed by atoms with Crippen LogP contribution in [0, 0.1) is 12.8 Å². The Morgan fingerprint density at radius 3 is 2.55 bits per heavy atom. The molecule has 1 saturated carbocycles. The van der Waals surface area contributed by atoms with Crippen molar-refractivity contribution in [1.29, 1.82) is 0 Å². The summed E-state index contributed by atoms with van der Waals surface area (Å²) < 4.78 is 16.2. The van der Waals surface area contributed by atoms with Gasteiger partial charge in [0.25, 0.3) is 5.91 Å². The number of alkyl halides is 1. The van der Waals surface area contributed by atoms with Gasteiger partial charge in [-0.15, -0.1) is 0 Å². The Morgan fingerprint density at radius 1 is 1.27 bits per heavy atom. The number of H-pyrrole nitrogens is 1. The van der Waals surface area contributed by atoms with Crippen molar-refractivity contribution in [3.05, 3.63) is 33.3 Å². The highest BCUT2D eigenvalue weighted by Crippen LogP contribution is 2.22. The Labute approximate surface area is 190 Å². The molecule has 2 aromatic heterocycles. The van der Waals surface area contributed by atoms with Crippen LogP contribution in [-0.2, 0) is 11.3 Å². The van der Waals surface area contributed by atoms with Crippen LogP contribution >= 0.6 is 0 Å². The van der Waals surface area contributed by atoms with Crippen molar-refractivity contribution in [1.82, 2.24) is 19.8 Å². The van der Waals surface area contributed by atoms with E-state index in [0.717, 1.165) is 12.8 Å². The third-order valence-electron chi connectivity index (χ3n) is 6.10. The number of hydrogen-bond acceptors (Lipinski definition) is 4. The van der Waals surface area contributed by atoms with Gasteiger partial charge in [0.1, 0.15) is 6.17 Å². The van der Waals surface area contributed by atoms with E-state index in [9.17, 15) is 23.9 Å². The van der Waals surface area contributed by atoms with Crippen molar-refractivity contribution in [3.8, 4) is 5.88 Å². The van der Waals surface area contributed by atoms with Crippen molar-refractivity contribution >= 4 is 23.5 Å². The first-order valence-electron chi connectivity index (χ1n) is 11.5. The van der Waals surface area contributed by atoms with Crippen molar-refractivity contribution in [2.75, 3.05) is 13.1 Å². The highest BCUT2D eigenvalue weighted by molar-refractivity contribution is 5.96. The summed E-state index contributed by atoms with van der Waals surface area (Å²) in [6.07, 6.45) is 4.51. The van der Waals surface area contributed by atoms with Crippen molar-refractivity contribution in [3.63, 3.8) is 0 Å². The van der Waals surface area contributed by atoms with Gasteiger partial charge in [-0.1, -0.05) is 18.4 Å². The number of halogens is 1. The van der Waals surface area contributed by atoms with Gasteiger partial charge in [0.05, 0.1) is 17.8 Å². The first-order chi connectivity index (χ1) is 15.7. The van der Waals surface area contributed by atoms with Crippen molar-refractivity contribution in [2.24, 2.45) is 5.92 Å². The number of fused-ring (bicyclic) bond motifs is 1. The van der Waals surface area contributed by atoms with E-state index in [1.54, 1.807) is 17.9 Å². The molecule has 1 saturated heterocycles. The molecular formula is C23H31FN5O4+. The van der Waals surface area contributed by atoms with Gasteiger partial charge >= 0.3 is 17.1 Å². The molecule has 9 nitrogen and oxygen atoms in total. The fourth-order valence-corrected chi connectivity index (χ4v) is 4.17. The second kappa shape index (κ2) is 8.99. The standard InChI is InChI=1S/C23H30FN5O4/c1-13(2)12-28-21-17(6-7-18(30)27-10-8-15(24)9-11-27)14(3)26-29(21)23(33)19(22(28)32)20(31)25-16-4-5-16/h6-7,13,15-16H,4-5,8-12H2,1-3H3,(H2,25,31,32,33)/p+1/b7-6+. The monoisotopic (exact) mass is 460 g/mol. The van der Waals surface area contributed by atoms with E-state index in [0.29, 0.717) is 49.4 Å². The van der Waals surface area contributed by atoms with Gasteiger partial charge < -0.3 is 15.3 Å². The lowest BCUT2D eigenvalue weighted by atomic mass is 10.1. The average molecular weight is 461 g/mol. The Hall–Kier alpha value is -3.17. The number of nitrogens with one attached hydrogen (secondary N) is 2. The summed E-state index contributed by atoms with van der Waals surface area (Å²) in [6.45, 7) is 6.77. The van der Waals surface area contributed by atoms with Crippen LogP contribution in [0.5, 0.6) is 5.88 Å². The van der Waals surface area contributed by atoms with Gasteiger partial charge in [-0.3, -0.25) is 9.59 Å². The van der Waals surface area contributed by atoms with Crippen LogP contribution in [0.2, 0.25) is 0 Å². The minimum atomic E-state index is -0.870. The zero-order chi connectivity index (χ0) is 23.9. The second-order valence-electron chi connectivity index (χ2n) is 9.40. The first-order valence-corrected chi connectivity index (χ1v) is 11.5. The van der Waals surface area contributed by atoms with E-state index < -0.39 is 23.5 Å². The third kappa shape index (κ3) is 4.65. The largest absolute Gasteiger partial charge is 0.477 e. The van der Waals surface area contributed by atoms with Crippen LogP contribution < -0.4 is 15.4 Å². The molecule has 2 amide bonds. The number of aromatic amines is 1. The SMILES string of the molecule is Cc1[nH]n2c(=O)c(C(=O)NC3CC3)c(O)[n+](CC(C)C)c2c1/C=C/C(=O)N1CCC(F)CC1. The molecule has 10 heteroatoms. The molecule has 1 aliphatic carbocycles. The summed E-state index contributed by atoms with van der Waals surface area (Å²) in [5, 5.41) is 16.7. The quantitative estimate of drug-likeness (QED) is 0.448. The molecule has 0 unspecified atom stereocenters. The van der Waals surface area contributed by atoms with E-state index in [1.807, 2.05) is 13.8 Å². The van der Waals surface area contributed by atoms with Gasteiger partial charge in [0, 0.05) is 25.2 Å². The lowest BCUT2D eigenvalue weighted by Crippen LogP contribution is -2.46. The summed E-state index contributed by atoms with van der Waals surface area (Å²) in [6, 6.07) is 0.0351. The number of hydrogen-bond donors (Lipinski definition) is 3. The Bertz CT molecular complexity index is 1170. The van der Waals surface area contributed by atoms with Crippen LogP contribution in [0.1, 0.15) is 61.1 Å². The highest BCUT2D eigenvalue weighted by atomic mass is 19.1. The molecule has 0 bridgehead atoms. The van der Waals surface area contributed by atoms with Gasteiger partial charge in [0.2, 0.25) is 11.5 Å². The molecule has 2 aliphatic rings. The predicted octanol–water partition coefficient (Wildman–Crippen LogP) is 1.45. The molecule has 33 heavy (non-hydrogen) atoms. The molecule has 0 aromatic carbocycles. The second-order valence-corrected chi connectivity index (χ2v) is 9.40. The van der Waals surface area contributed by atoms with E-state index in [4.69, 9.17) is 0 Å². The number of aryl methyl sites for hydroxylation is 1. The summed E-state index contributed by atoms with van der Waals surface area (Å²) >= 11 is 0. The normalized spacial score (nSPS) is 17.4. The molecule has 2 aromatic rings. The van der Waals surface area contributed by atoms with Crippen LogP contribution in [-0.4, -0.2) is 56.7 Å². The van der Waals surface area contributed by atoms with Crippen LogP contribution in [0.15, 0.2) is 10.9 Å². The Balaban J connectivity index is 1.77. The number of rotatable bonds is 6. The number of aromatic nitrogens is 3. The minimum Gasteiger partial charge on any atom is -0.477 e. The van der Waals surface area contributed by atoms with Gasteiger partial charge in [-0.05, 0) is 44.6 Å². The molecule has 0 atom stereocenters. The molecule has 4 rings (SSSR count). The van der Waals surface area contributed by atoms with E-state index in [1.165, 1.54) is 15.2 Å². The number of amides is 2. The molecule has 0 spiro atoms. The summed E-state index contributed by atoms with van der Waals surface area (Å²) in [5.74, 6) is -1.11. The molecule has 1 aliphatic heterocycles. The first kappa shape index (κ1) is 23.0. The maximum atomic E-state index is 13.4. The predicted molar refractivity (Wildman–Crippen MR) is 120 cm³/mol. The van der Waals surface area contributed by atoms with E-state index >= 15 is 0 Å². The minimum absolute atomic E-state index is 0.0351. The fourth-order valence-electron chi connectivity index (χ4n) is 4.17. The average Bonchev–Trinajstić information content (AvgIpc) is 3.50. The molecule has 178 valence electrons. The van der Waals surface area contributed by atoms with Crippen molar-refractivity contribution < 1.29 is 23.7 Å². The molecule has 3 heterocycles. The number of aromatic hydroxyl groups is 1. The maximum Gasteiger partial charge on any atom is 0.378 e.